The largest absolute Gasteiger partial charge is 0.385 e. The van der Waals surface area contributed by atoms with Crippen molar-refractivity contribution in [1.29, 1.82) is 0 Å². The van der Waals surface area contributed by atoms with Crippen LogP contribution in [0.4, 0.5) is 0 Å². The number of hydrogen-bond donors (Lipinski definition) is 1. The second-order valence-electron chi connectivity index (χ2n) is 4.81. The molecule has 1 N–H and O–H groups in total. The molecule has 0 aliphatic heterocycles. The van der Waals surface area contributed by atoms with Gasteiger partial charge in [0, 0.05) is 6.42 Å². The van der Waals surface area contributed by atoms with E-state index in [0.29, 0.717) is 6.42 Å². The first-order valence-corrected chi connectivity index (χ1v) is 5.91. The molecule has 0 saturated carbocycles. The van der Waals surface area contributed by atoms with Crippen molar-refractivity contribution in [2.45, 2.75) is 25.9 Å². The van der Waals surface area contributed by atoms with Crippen molar-refractivity contribution in [2.75, 3.05) is 0 Å². The third kappa shape index (κ3) is 2.95. The number of benzene rings is 2. The van der Waals surface area contributed by atoms with E-state index in [1.54, 1.807) is 0 Å². The van der Waals surface area contributed by atoms with E-state index in [1.165, 1.54) is 5.56 Å². The van der Waals surface area contributed by atoms with Crippen LogP contribution in [0.5, 0.6) is 0 Å². The standard InChI is InChI=1S/C16H18O/c1-13-7-6-10-15(11-13)16(2,17)12-14-8-4-3-5-9-14/h3-11,17H,12H2,1-2H3. The van der Waals surface area contributed by atoms with Gasteiger partial charge in [0.15, 0.2) is 0 Å². The Morgan fingerprint density at radius 3 is 2.35 bits per heavy atom. The highest BCUT2D eigenvalue weighted by atomic mass is 16.3. The fourth-order valence-corrected chi connectivity index (χ4v) is 2.08. The molecule has 17 heavy (non-hydrogen) atoms. The highest BCUT2D eigenvalue weighted by molar-refractivity contribution is 5.29. The molecule has 2 aromatic rings. The Kier molecular flexibility index (Phi) is 3.30. The summed E-state index contributed by atoms with van der Waals surface area (Å²) < 4.78 is 0. The molecule has 2 aromatic carbocycles. The van der Waals surface area contributed by atoms with Gasteiger partial charge in [0.05, 0.1) is 5.60 Å². The highest BCUT2D eigenvalue weighted by Gasteiger charge is 2.23. The number of hydrogen-bond acceptors (Lipinski definition) is 1. The Labute approximate surface area is 103 Å². The third-order valence-corrected chi connectivity index (χ3v) is 3.03. The van der Waals surface area contributed by atoms with Crippen LogP contribution in [0.15, 0.2) is 54.6 Å². The molecule has 0 heterocycles. The average Bonchev–Trinajstić information content (AvgIpc) is 2.30. The van der Waals surface area contributed by atoms with Crippen LogP contribution in [0.2, 0.25) is 0 Å². The molecule has 0 amide bonds. The summed E-state index contributed by atoms with van der Waals surface area (Å²) in [6.45, 7) is 3.91. The molecule has 1 unspecified atom stereocenters. The predicted molar refractivity (Wildman–Crippen MR) is 70.9 cm³/mol. The lowest BCUT2D eigenvalue weighted by Crippen LogP contribution is -2.24. The van der Waals surface area contributed by atoms with E-state index in [0.717, 1.165) is 11.1 Å². The molecule has 0 fully saturated rings. The molecule has 2 rings (SSSR count). The molecule has 0 aliphatic carbocycles. The minimum absolute atomic E-state index is 0.636. The summed E-state index contributed by atoms with van der Waals surface area (Å²) in [7, 11) is 0. The van der Waals surface area contributed by atoms with Gasteiger partial charge in [0.25, 0.3) is 0 Å². The minimum atomic E-state index is -0.812. The van der Waals surface area contributed by atoms with Crippen LogP contribution in [0.25, 0.3) is 0 Å². The van der Waals surface area contributed by atoms with Crippen molar-refractivity contribution in [1.82, 2.24) is 0 Å². The second-order valence-corrected chi connectivity index (χ2v) is 4.81. The monoisotopic (exact) mass is 226 g/mol. The summed E-state index contributed by atoms with van der Waals surface area (Å²) >= 11 is 0. The topological polar surface area (TPSA) is 20.2 Å². The molecule has 0 spiro atoms. The quantitative estimate of drug-likeness (QED) is 0.850. The fraction of sp³-hybridized carbons (Fsp3) is 0.250. The first kappa shape index (κ1) is 11.9. The van der Waals surface area contributed by atoms with Gasteiger partial charge in [-0.05, 0) is 25.0 Å². The molecule has 0 bridgehead atoms. The van der Waals surface area contributed by atoms with Crippen molar-refractivity contribution in [3.63, 3.8) is 0 Å². The van der Waals surface area contributed by atoms with Gasteiger partial charge in [0.2, 0.25) is 0 Å². The SMILES string of the molecule is Cc1cccc(C(C)(O)Cc2ccccc2)c1. The van der Waals surface area contributed by atoms with E-state index in [1.807, 2.05) is 68.4 Å². The maximum atomic E-state index is 10.6. The van der Waals surface area contributed by atoms with E-state index in [-0.39, 0.29) is 0 Å². The first-order chi connectivity index (χ1) is 8.08. The maximum Gasteiger partial charge on any atom is 0.0908 e. The predicted octanol–water partition coefficient (Wildman–Crippen LogP) is 3.45. The second kappa shape index (κ2) is 4.72. The number of rotatable bonds is 3. The van der Waals surface area contributed by atoms with Crippen LogP contribution >= 0.6 is 0 Å². The molecule has 0 aromatic heterocycles. The summed E-state index contributed by atoms with van der Waals surface area (Å²) in [5.41, 5.74) is 2.49. The highest BCUT2D eigenvalue weighted by Crippen LogP contribution is 2.25. The van der Waals surface area contributed by atoms with Gasteiger partial charge in [0.1, 0.15) is 0 Å². The van der Waals surface area contributed by atoms with E-state index < -0.39 is 5.60 Å². The van der Waals surface area contributed by atoms with Gasteiger partial charge in [-0.2, -0.15) is 0 Å². The zero-order chi connectivity index (χ0) is 12.3. The van der Waals surface area contributed by atoms with E-state index in [4.69, 9.17) is 0 Å². The lowest BCUT2D eigenvalue weighted by Gasteiger charge is -2.24. The lowest BCUT2D eigenvalue weighted by atomic mass is 9.88. The normalized spacial score (nSPS) is 14.3. The van der Waals surface area contributed by atoms with Crippen LogP contribution in [0.1, 0.15) is 23.6 Å². The van der Waals surface area contributed by atoms with Crippen LogP contribution in [-0.4, -0.2) is 5.11 Å². The molecular weight excluding hydrogens is 208 g/mol. The van der Waals surface area contributed by atoms with Gasteiger partial charge in [-0.25, -0.2) is 0 Å². The fourth-order valence-electron chi connectivity index (χ4n) is 2.08. The number of aliphatic hydroxyl groups is 1. The van der Waals surface area contributed by atoms with Crippen molar-refractivity contribution in [3.05, 3.63) is 71.3 Å². The molecule has 88 valence electrons. The molecular formula is C16H18O. The minimum Gasteiger partial charge on any atom is -0.385 e. The van der Waals surface area contributed by atoms with Gasteiger partial charge in [-0.15, -0.1) is 0 Å². The van der Waals surface area contributed by atoms with Gasteiger partial charge < -0.3 is 5.11 Å². The zero-order valence-corrected chi connectivity index (χ0v) is 10.4. The van der Waals surface area contributed by atoms with Crippen LogP contribution in [-0.2, 0) is 12.0 Å². The Morgan fingerprint density at radius 2 is 1.71 bits per heavy atom. The molecule has 0 aliphatic rings. The van der Waals surface area contributed by atoms with Gasteiger partial charge in [-0.3, -0.25) is 0 Å². The summed E-state index contributed by atoms with van der Waals surface area (Å²) in [5, 5.41) is 10.6. The van der Waals surface area contributed by atoms with Crippen molar-refractivity contribution in [3.8, 4) is 0 Å². The maximum absolute atomic E-state index is 10.6. The molecule has 1 atom stereocenters. The lowest BCUT2D eigenvalue weighted by molar-refractivity contribution is 0.0576. The van der Waals surface area contributed by atoms with Gasteiger partial charge >= 0.3 is 0 Å². The molecule has 1 nitrogen and oxygen atoms in total. The first-order valence-electron chi connectivity index (χ1n) is 5.91. The summed E-state index contributed by atoms with van der Waals surface area (Å²) in [5.74, 6) is 0. The summed E-state index contributed by atoms with van der Waals surface area (Å²) in [6.07, 6.45) is 0.636. The average molecular weight is 226 g/mol. The summed E-state index contributed by atoms with van der Waals surface area (Å²) in [6, 6.07) is 18.1. The Hall–Kier alpha value is -1.60. The number of aryl methyl sites for hydroxylation is 1. The van der Waals surface area contributed by atoms with Crippen molar-refractivity contribution >= 4 is 0 Å². The Bertz CT molecular complexity index is 486. The van der Waals surface area contributed by atoms with Crippen LogP contribution in [0, 0.1) is 6.92 Å². The van der Waals surface area contributed by atoms with Crippen molar-refractivity contribution < 1.29 is 5.11 Å². The van der Waals surface area contributed by atoms with Gasteiger partial charge in [-0.1, -0.05) is 60.2 Å². The van der Waals surface area contributed by atoms with Crippen molar-refractivity contribution in [2.24, 2.45) is 0 Å². The molecule has 0 saturated heterocycles. The molecule has 0 radical (unpaired) electrons. The third-order valence-electron chi connectivity index (χ3n) is 3.03. The van der Waals surface area contributed by atoms with Crippen LogP contribution < -0.4 is 0 Å². The van der Waals surface area contributed by atoms with Crippen LogP contribution in [0.3, 0.4) is 0 Å². The zero-order valence-electron chi connectivity index (χ0n) is 10.4. The Balaban J connectivity index is 2.25. The van der Waals surface area contributed by atoms with E-state index in [2.05, 4.69) is 0 Å². The van der Waals surface area contributed by atoms with E-state index >= 15 is 0 Å². The smallest absolute Gasteiger partial charge is 0.0908 e. The summed E-state index contributed by atoms with van der Waals surface area (Å²) in [4.78, 5) is 0. The molecule has 1 heteroatoms. The van der Waals surface area contributed by atoms with E-state index in [9.17, 15) is 5.11 Å². The Morgan fingerprint density at radius 1 is 1.00 bits per heavy atom.